The van der Waals surface area contributed by atoms with Gasteiger partial charge in [0, 0.05) is 41.5 Å². The first-order valence-corrected chi connectivity index (χ1v) is 22.8. The van der Waals surface area contributed by atoms with Crippen molar-refractivity contribution < 1.29 is 38.7 Å². The highest BCUT2D eigenvalue weighted by atomic mass is 16.6. The molecule has 0 aliphatic heterocycles. The Hall–Kier alpha value is -4.98. The quantitative estimate of drug-likeness (QED) is 0.121. The molecule has 4 aromatic carbocycles. The highest BCUT2D eigenvalue weighted by Gasteiger charge is 2.61. The van der Waals surface area contributed by atoms with Crippen molar-refractivity contribution in [1.82, 2.24) is 0 Å². The number of esters is 2. The summed E-state index contributed by atoms with van der Waals surface area (Å²) in [5, 5.41) is 22.4. The van der Waals surface area contributed by atoms with Crippen molar-refractivity contribution in [1.29, 1.82) is 0 Å². The van der Waals surface area contributed by atoms with Crippen LogP contribution in [-0.4, -0.2) is 46.6 Å². The molecule has 4 aliphatic carbocycles. The molecule has 0 saturated heterocycles. The maximum Gasteiger partial charge on any atom is 0.344 e. The van der Waals surface area contributed by atoms with Gasteiger partial charge in [0.25, 0.3) is 0 Å². The molecule has 62 heavy (non-hydrogen) atoms. The lowest BCUT2D eigenvalue weighted by Gasteiger charge is -2.60. The van der Waals surface area contributed by atoms with Crippen LogP contribution in [0.25, 0.3) is 0 Å². The summed E-state index contributed by atoms with van der Waals surface area (Å²) in [7, 11) is 0. The van der Waals surface area contributed by atoms with Gasteiger partial charge < -0.3 is 29.2 Å². The van der Waals surface area contributed by atoms with Crippen LogP contribution in [-0.2, 0) is 29.9 Å². The molecule has 4 fully saturated rings. The fraction of sp³-hybridized carbons (Fsp3) is 0.519. The second-order valence-electron chi connectivity index (χ2n) is 20.9. The van der Waals surface area contributed by atoms with Crippen LogP contribution in [0.4, 0.5) is 0 Å². The summed E-state index contributed by atoms with van der Waals surface area (Å²) in [6, 6.07) is 24.4. The second kappa shape index (κ2) is 17.3. The van der Waals surface area contributed by atoms with Crippen LogP contribution in [0.2, 0.25) is 0 Å². The summed E-state index contributed by atoms with van der Waals surface area (Å²) in [5.41, 5.74) is 6.75. The minimum absolute atomic E-state index is 0.0106. The SMILES string of the molecule is CCC(c1ccc(C(C)(C)C)cc1)c1cc(C)c(OCC(=O)OC23CC4CC(C2)CC(OC(=O)COc2cc(O)c(C(CC)c5ccc(C(C)(C)C)cc5)cc2C)(C4)C3)cc1O. The molecular formula is C54H68O8. The number of benzene rings is 4. The van der Waals surface area contributed by atoms with Gasteiger partial charge in [0.05, 0.1) is 0 Å². The highest BCUT2D eigenvalue weighted by Crippen LogP contribution is 2.60. The molecule has 0 amide bonds. The molecule has 0 radical (unpaired) electrons. The minimum atomic E-state index is -0.731. The molecule has 0 heterocycles. The van der Waals surface area contributed by atoms with Gasteiger partial charge in [-0.05, 0) is 127 Å². The molecule has 8 rings (SSSR count). The van der Waals surface area contributed by atoms with E-state index in [1.807, 2.05) is 26.0 Å². The van der Waals surface area contributed by atoms with Gasteiger partial charge in [0.15, 0.2) is 13.2 Å². The van der Waals surface area contributed by atoms with Crippen molar-refractivity contribution in [3.8, 4) is 23.0 Å². The lowest BCUT2D eigenvalue weighted by molar-refractivity contribution is -0.232. The summed E-state index contributed by atoms with van der Waals surface area (Å²) in [6.45, 7) is 20.7. The van der Waals surface area contributed by atoms with Crippen LogP contribution in [0.3, 0.4) is 0 Å². The van der Waals surface area contributed by atoms with Gasteiger partial charge in [-0.1, -0.05) is 104 Å². The Labute approximate surface area is 369 Å². The first-order valence-electron chi connectivity index (χ1n) is 22.8. The number of carbonyl (C=O) groups is 2. The smallest absolute Gasteiger partial charge is 0.344 e. The Morgan fingerprint density at radius 3 is 1.29 bits per heavy atom. The van der Waals surface area contributed by atoms with E-state index in [2.05, 4.69) is 104 Å². The molecule has 332 valence electrons. The standard InChI is InChI=1S/C54H68O8/c1-11-41(37-13-17-39(18-14-37)51(5,6)7)43-21-33(3)47(24-45(43)55)59-30-49(57)61-53-26-35-23-36(27-53)29-54(28-35,32-53)62-50(58)31-60-48-25-46(56)44(22-34(48)4)42(12-2)38-15-19-40(20-16-38)52(8,9)10/h13-22,24-25,35-36,41-42,55-56H,11-12,23,26-32H2,1-10H3. The largest absolute Gasteiger partial charge is 0.508 e. The first-order chi connectivity index (χ1) is 29.2. The van der Waals surface area contributed by atoms with Gasteiger partial charge in [-0.3, -0.25) is 0 Å². The number of aromatic hydroxyl groups is 2. The van der Waals surface area contributed by atoms with Crippen molar-refractivity contribution in [2.45, 2.75) is 154 Å². The number of ether oxygens (including phenoxy) is 4. The Morgan fingerprint density at radius 1 is 0.613 bits per heavy atom. The minimum Gasteiger partial charge on any atom is -0.508 e. The van der Waals surface area contributed by atoms with Crippen LogP contribution in [0, 0.1) is 25.7 Å². The monoisotopic (exact) mass is 844 g/mol. The summed E-state index contributed by atoms with van der Waals surface area (Å²) in [5.74, 6) is 0.768. The number of phenolic OH excluding ortho intramolecular Hbond substituents is 2. The molecule has 2 atom stereocenters. The zero-order valence-electron chi connectivity index (χ0n) is 38.7. The number of phenols is 2. The van der Waals surface area contributed by atoms with Gasteiger partial charge in [-0.2, -0.15) is 0 Å². The Balaban J connectivity index is 0.959. The molecule has 0 spiro atoms. The van der Waals surface area contributed by atoms with Crippen molar-refractivity contribution in [2.75, 3.05) is 13.2 Å². The van der Waals surface area contributed by atoms with E-state index in [0.29, 0.717) is 17.9 Å². The summed E-state index contributed by atoms with van der Waals surface area (Å²) >= 11 is 0. The number of aryl methyl sites for hydroxylation is 2. The zero-order chi connectivity index (χ0) is 44.8. The van der Waals surface area contributed by atoms with Gasteiger partial charge in [0.2, 0.25) is 0 Å². The Bertz CT molecular complexity index is 2090. The normalized spacial score (nSPS) is 22.8. The first kappa shape index (κ1) is 45.1. The van der Waals surface area contributed by atoms with E-state index in [1.54, 1.807) is 12.1 Å². The zero-order valence-corrected chi connectivity index (χ0v) is 38.7. The van der Waals surface area contributed by atoms with Crippen LogP contribution < -0.4 is 9.47 Å². The maximum absolute atomic E-state index is 13.5. The van der Waals surface area contributed by atoms with E-state index < -0.39 is 23.1 Å². The van der Waals surface area contributed by atoms with E-state index in [9.17, 15) is 19.8 Å². The molecule has 4 bridgehead atoms. The average Bonchev–Trinajstić information content (AvgIpc) is 3.18. The van der Waals surface area contributed by atoms with Crippen LogP contribution in [0.1, 0.15) is 163 Å². The predicted octanol–water partition coefficient (Wildman–Crippen LogP) is 12.0. The Kier molecular flexibility index (Phi) is 12.6. The third kappa shape index (κ3) is 9.65. The summed E-state index contributed by atoms with van der Waals surface area (Å²) in [6.07, 6.45) is 6.04. The van der Waals surface area contributed by atoms with Gasteiger partial charge >= 0.3 is 11.9 Å². The van der Waals surface area contributed by atoms with Crippen molar-refractivity contribution in [3.05, 3.63) is 117 Å². The molecule has 2 unspecified atom stereocenters. The van der Waals surface area contributed by atoms with E-state index in [1.165, 1.54) is 11.1 Å². The van der Waals surface area contributed by atoms with Crippen LogP contribution in [0.5, 0.6) is 23.0 Å². The second-order valence-corrected chi connectivity index (χ2v) is 20.9. The van der Waals surface area contributed by atoms with Gasteiger partial charge in [0.1, 0.15) is 34.2 Å². The summed E-state index contributed by atoms with van der Waals surface area (Å²) < 4.78 is 24.6. The number of hydrogen-bond donors (Lipinski definition) is 2. The lowest BCUT2D eigenvalue weighted by Crippen LogP contribution is -2.62. The number of carbonyl (C=O) groups excluding carboxylic acids is 2. The molecule has 8 nitrogen and oxygen atoms in total. The third-order valence-corrected chi connectivity index (χ3v) is 13.9. The molecule has 4 aromatic rings. The highest BCUT2D eigenvalue weighted by molar-refractivity contribution is 5.73. The van der Waals surface area contributed by atoms with E-state index in [4.69, 9.17) is 18.9 Å². The lowest BCUT2D eigenvalue weighted by atomic mass is 9.52. The fourth-order valence-corrected chi connectivity index (χ4v) is 11.1. The fourth-order valence-electron chi connectivity index (χ4n) is 11.1. The van der Waals surface area contributed by atoms with E-state index >= 15 is 0 Å². The molecule has 4 saturated carbocycles. The van der Waals surface area contributed by atoms with Crippen LogP contribution in [0.15, 0.2) is 72.8 Å². The van der Waals surface area contributed by atoms with Crippen LogP contribution >= 0.6 is 0 Å². The Morgan fingerprint density at radius 2 is 0.968 bits per heavy atom. The molecule has 8 heteroatoms. The molecular weight excluding hydrogens is 777 g/mol. The molecule has 4 aliphatic rings. The molecule has 0 aromatic heterocycles. The van der Waals surface area contributed by atoms with Gasteiger partial charge in [-0.15, -0.1) is 0 Å². The number of hydrogen-bond acceptors (Lipinski definition) is 8. The third-order valence-electron chi connectivity index (χ3n) is 13.9. The van der Waals surface area contributed by atoms with E-state index in [-0.39, 0.29) is 59.2 Å². The van der Waals surface area contributed by atoms with E-state index in [0.717, 1.165) is 78.3 Å². The average molecular weight is 845 g/mol. The van der Waals surface area contributed by atoms with Crippen molar-refractivity contribution >= 4 is 11.9 Å². The molecule has 2 N–H and O–H groups in total. The van der Waals surface area contributed by atoms with Crippen molar-refractivity contribution in [3.63, 3.8) is 0 Å². The maximum atomic E-state index is 13.5. The summed E-state index contributed by atoms with van der Waals surface area (Å²) in [4.78, 5) is 27.0. The number of rotatable bonds is 14. The van der Waals surface area contributed by atoms with Crippen molar-refractivity contribution in [2.24, 2.45) is 11.8 Å². The predicted molar refractivity (Wildman–Crippen MR) is 244 cm³/mol. The van der Waals surface area contributed by atoms with Gasteiger partial charge in [-0.25, -0.2) is 9.59 Å². The topological polar surface area (TPSA) is 112 Å².